The van der Waals surface area contributed by atoms with Crippen LogP contribution in [-0.4, -0.2) is 54.1 Å². The topological polar surface area (TPSA) is 57.7 Å². The molecule has 1 saturated heterocycles. The van der Waals surface area contributed by atoms with Crippen LogP contribution in [-0.2, 0) is 9.59 Å². The number of thiophene rings is 1. The van der Waals surface area contributed by atoms with Gasteiger partial charge in [-0.2, -0.15) is 0 Å². The van der Waals surface area contributed by atoms with Crippen molar-refractivity contribution in [3.05, 3.63) is 21.3 Å². The Kier molecular flexibility index (Phi) is 6.26. The number of carbonyl (C=O) groups is 3. The Morgan fingerprint density at radius 2 is 1.96 bits per heavy atom. The van der Waals surface area contributed by atoms with Crippen LogP contribution in [0.5, 0.6) is 0 Å². The van der Waals surface area contributed by atoms with Crippen LogP contribution >= 0.6 is 22.9 Å². The highest BCUT2D eigenvalue weighted by Gasteiger charge is 2.40. The van der Waals surface area contributed by atoms with Gasteiger partial charge in [0, 0.05) is 33.5 Å². The van der Waals surface area contributed by atoms with E-state index in [4.69, 9.17) is 11.6 Å². The van der Waals surface area contributed by atoms with Gasteiger partial charge < -0.3 is 9.80 Å². The van der Waals surface area contributed by atoms with Crippen molar-refractivity contribution in [2.75, 3.05) is 20.6 Å². The maximum atomic E-state index is 13.0. The summed E-state index contributed by atoms with van der Waals surface area (Å²) in [5, 5.41) is 0. The number of likely N-dealkylation sites (tertiary alicyclic amines) is 1. The lowest BCUT2D eigenvalue weighted by atomic mass is 9.68. The molecule has 0 unspecified atom stereocenters. The molecule has 0 radical (unpaired) electrons. The zero-order valence-corrected chi connectivity index (χ0v) is 17.6. The van der Waals surface area contributed by atoms with Crippen LogP contribution in [0.1, 0.15) is 61.0 Å². The van der Waals surface area contributed by atoms with Crippen LogP contribution in [0.15, 0.2) is 12.1 Å². The molecule has 7 heteroatoms. The van der Waals surface area contributed by atoms with Gasteiger partial charge in [-0.05, 0) is 36.8 Å². The van der Waals surface area contributed by atoms with Gasteiger partial charge in [-0.25, -0.2) is 0 Å². The summed E-state index contributed by atoms with van der Waals surface area (Å²) in [6.07, 6.45) is 6.39. The SMILES string of the molecule is CN1CC[C@@H](N(C)C(=O)CC2(CC(=O)c3ccc(Cl)s3)CCCCC2)C1=O. The molecule has 2 amide bonds. The smallest absolute Gasteiger partial charge is 0.245 e. The van der Waals surface area contributed by atoms with Gasteiger partial charge in [0.15, 0.2) is 5.78 Å². The Morgan fingerprint density at radius 1 is 1.26 bits per heavy atom. The second-order valence-electron chi connectivity index (χ2n) is 8.01. The number of nitrogens with zero attached hydrogens (tertiary/aromatic N) is 2. The zero-order chi connectivity index (χ0) is 19.6. The molecule has 1 aromatic heterocycles. The number of carbonyl (C=O) groups excluding carboxylic acids is 3. The van der Waals surface area contributed by atoms with Crippen LogP contribution in [0.3, 0.4) is 0 Å². The molecule has 0 bridgehead atoms. The number of hydrogen-bond donors (Lipinski definition) is 0. The molecule has 27 heavy (non-hydrogen) atoms. The minimum atomic E-state index is -0.366. The number of hydrogen-bond acceptors (Lipinski definition) is 4. The standard InChI is InChI=1S/C20H27ClN2O3S/c1-22-11-8-14(19(22)26)23(2)18(25)13-20(9-4-3-5-10-20)12-15(24)16-6-7-17(21)27-16/h6-7,14H,3-5,8-13H2,1-2H3/t14-/m1/s1. The van der Waals surface area contributed by atoms with Gasteiger partial charge in [0.05, 0.1) is 9.21 Å². The Labute approximate surface area is 169 Å². The third-order valence-electron chi connectivity index (χ3n) is 6.08. The Hall–Kier alpha value is -1.40. The monoisotopic (exact) mass is 410 g/mol. The first kappa shape index (κ1) is 20.3. The summed E-state index contributed by atoms with van der Waals surface area (Å²) in [5.41, 5.74) is -0.301. The predicted molar refractivity (Wildman–Crippen MR) is 107 cm³/mol. The molecule has 1 atom stereocenters. The van der Waals surface area contributed by atoms with Crippen molar-refractivity contribution in [1.82, 2.24) is 9.80 Å². The summed E-state index contributed by atoms with van der Waals surface area (Å²) in [4.78, 5) is 42.0. The van der Waals surface area contributed by atoms with E-state index < -0.39 is 0 Å². The molecule has 148 valence electrons. The third kappa shape index (κ3) is 4.54. The van der Waals surface area contributed by atoms with Gasteiger partial charge in [0.25, 0.3) is 0 Å². The molecule has 1 aliphatic carbocycles. The second-order valence-corrected chi connectivity index (χ2v) is 9.73. The Bertz CT molecular complexity index is 727. The minimum Gasteiger partial charge on any atom is -0.344 e. The maximum absolute atomic E-state index is 13.0. The molecule has 3 rings (SSSR count). The lowest BCUT2D eigenvalue weighted by Crippen LogP contribution is -2.44. The van der Waals surface area contributed by atoms with Crippen LogP contribution < -0.4 is 0 Å². The van der Waals surface area contributed by atoms with E-state index in [0.29, 0.717) is 35.0 Å². The highest BCUT2D eigenvalue weighted by atomic mass is 35.5. The summed E-state index contributed by atoms with van der Waals surface area (Å²) < 4.78 is 0.607. The molecule has 2 heterocycles. The number of amides is 2. The first-order valence-corrected chi connectivity index (χ1v) is 10.8. The first-order valence-electron chi connectivity index (χ1n) is 9.60. The van der Waals surface area contributed by atoms with Gasteiger partial charge in [-0.1, -0.05) is 30.9 Å². The molecular formula is C20H27ClN2O3S. The average molecular weight is 411 g/mol. The summed E-state index contributed by atoms with van der Waals surface area (Å²) >= 11 is 7.28. The molecule has 0 aromatic carbocycles. The molecule has 2 fully saturated rings. The van der Waals surface area contributed by atoms with Crippen LogP contribution in [0, 0.1) is 5.41 Å². The van der Waals surface area contributed by atoms with Crippen molar-refractivity contribution in [3.63, 3.8) is 0 Å². The minimum absolute atomic E-state index is 0.00727. The van der Waals surface area contributed by atoms with E-state index in [9.17, 15) is 14.4 Å². The van der Waals surface area contributed by atoms with E-state index >= 15 is 0 Å². The van der Waals surface area contributed by atoms with Gasteiger partial charge in [0.2, 0.25) is 11.8 Å². The average Bonchev–Trinajstić information content (AvgIpc) is 3.21. The molecule has 1 aromatic rings. The second kappa shape index (κ2) is 8.31. The lowest BCUT2D eigenvalue weighted by molar-refractivity contribution is -0.142. The van der Waals surface area contributed by atoms with Crippen LogP contribution in [0.4, 0.5) is 0 Å². The van der Waals surface area contributed by atoms with Crippen molar-refractivity contribution in [3.8, 4) is 0 Å². The van der Waals surface area contributed by atoms with Crippen LogP contribution in [0.25, 0.3) is 0 Å². The largest absolute Gasteiger partial charge is 0.344 e. The fraction of sp³-hybridized carbons (Fsp3) is 0.650. The fourth-order valence-electron chi connectivity index (χ4n) is 4.39. The number of ketones is 1. The summed E-state index contributed by atoms with van der Waals surface area (Å²) in [7, 11) is 3.50. The number of rotatable bonds is 6. The van der Waals surface area contributed by atoms with Crippen molar-refractivity contribution in [1.29, 1.82) is 0 Å². The van der Waals surface area contributed by atoms with Crippen molar-refractivity contribution >= 4 is 40.5 Å². The van der Waals surface area contributed by atoms with E-state index in [2.05, 4.69) is 0 Å². The van der Waals surface area contributed by atoms with E-state index in [1.165, 1.54) is 11.3 Å². The van der Waals surface area contributed by atoms with Gasteiger partial charge in [0.1, 0.15) is 6.04 Å². The Morgan fingerprint density at radius 3 is 2.52 bits per heavy atom. The third-order valence-corrected chi connectivity index (χ3v) is 7.36. The molecule has 1 saturated carbocycles. The van der Waals surface area contributed by atoms with Gasteiger partial charge >= 0.3 is 0 Å². The van der Waals surface area contributed by atoms with Crippen molar-refractivity contribution in [2.24, 2.45) is 5.41 Å². The van der Waals surface area contributed by atoms with E-state index in [1.54, 1.807) is 36.0 Å². The highest BCUT2D eigenvalue weighted by molar-refractivity contribution is 7.18. The number of likely N-dealkylation sites (N-methyl/N-ethyl adjacent to an activating group) is 2. The molecular weight excluding hydrogens is 384 g/mol. The lowest BCUT2D eigenvalue weighted by Gasteiger charge is -2.38. The highest BCUT2D eigenvalue weighted by Crippen LogP contribution is 2.44. The quantitative estimate of drug-likeness (QED) is 0.666. The predicted octanol–water partition coefficient (Wildman–Crippen LogP) is 4.00. The molecule has 1 aliphatic heterocycles. The van der Waals surface area contributed by atoms with Crippen LogP contribution in [0.2, 0.25) is 4.34 Å². The van der Waals surface area contributed by atoms with Crippen molar-refractivity contribution in [2.45, 2.75) is 57.4 Å². The summed E-state index contributed by atoms with van der Waals surface area (Å²) in [6.45, 7) is 0.684. The molecule has 0 spiro atoms. The fourth-order valence-corrected chi connectivity index (χ4v) is 5.37. The zero-order valence-electron chi connectivity index (χ0n) is 16.0. The van der Waals surface area contributed by atoms with E-state index in [-0.39, 0.29) is 29.1 Å². The first-order chi connectivity index (χ1) is 12.8. The molecule has 5 nitrogen and oxygen atoms in total. The van der Waals surface area contributed by atoms with Gasteiger partial charge in [-0.3, -0.25) is 14.4 Å². The summed E-state index contributed by atoms with van der Waals surface area (Å²) in [6, 6.07) is 3.15. The Balaban J connectivity index is 1.71. The van der Waals surface area contributed by atoms with Crippen molar-refractivity contribution < 1.29 is 14.4 Å². The maximum Gasteiger partial charge on any atom is 0.245 e. The normalized spacial score (nSPS) is 22.1. The molecule has 0 N–H and O–H groups in total. The van der Waals surface area contributed by atoms with E-state index in [1.807, 2.05) is 0 Å². The summed E-state index contributed by atoms with van der Waals surface area (Å²) in [5.74, 6) is 0.0522. The molecule has 2 aliphatic rings. The van der Waals surface area contributed by atoms with Gasteiger partial charge in [-0.15, -0.1) is 11.3 Å². The number of halogens is 1. The number of Topliss-reactive ketones (excluding diaryl/α,β-unsaturated/α-hetero) is 1. The van der Waals surface area contributed by atoms with E-state index in [0.717, 1.165) is 32.1 Å².